The topological polar surface area (TPSA) is 81.1 Å². The Hall–Kier alpha value is -2.22. The largest absolute Gasteiger partial charge is 0.399 e. The van der Waals surface area contributed by atoms with Crippen LogP contribution in [0.25, 0.3) is 0 Å². The molecule has 7 heteroatoms. The van der Waals surface area contributed by atoms with E-state index >= 15 is 0 Å². The Morgan fingerprint density at radius 1 is 0.769 bits per heavy atom. The molecule has 0 spiro atoms. The Labute approximate surface area is 166 Å². The number of anilines is 2. The van der Waals surface area contributed by atoms with Crippen molar-refractivity contribution in [2.75, 3.05) is 11.5 Å². The Morgan fingerprint density at radius 3 is 1.81 bits per heavy atom. The van der Waals surface area contributed by atoms with E-state index in [0.29, 0.717) is 11.3 Å². The maximum atomic E-state index is 12.3. The molecule has 0 fully saturated rings. The summed E-state index contributed by atoms with van der Waals surface area (Å²) in [6.45, 7) is 0. The van der Waals surface area contributed by atoms with Crippen molar-refractivity contribution in [3.05, 3.63) is 72.3 Å². The van der Waals surface area contributed by atoms with Gasteiger partial charge >= 0.3 is 0 Å². The van der Waals surface area contributed by atoms with Gasteiger partial charge in [-0.25, -0.2) is 0 Å². The molecule has 0 saturated heterocycles. The molecule has 0 aliphatic heterocycles. The minimum atomic E-state index is -0.244. The van der Waals surface area contributed by atoms with Crippen LogP contribution in [0.3, 0.4) is 0 Å². The molecule has 0 aliphatic rings. The molecule has 132 valence electrons. The first-order valence-corrected chi connectivity index (χ1v) is 9.78. The third kappa shape index (κ3) is 4.69. The van der Waals surface area contributed by atoms with Gasteiger partial charge in [0.2, 0.25) is 0 Å². The highest BCUT2D eigenvalue weighted by Crippen LogP contribution is 2.35. The van der Waals surface area contributed by atoms with E-state index in [-0.39, 0.29) is 5.91 Å². The van der Waals surface area contributed by atoms with Crippen molar-refractivity contribution in [2.24, 2.45) is 0 Å². The molecule has 1 amide bonds. The summed E-state index contributed by atoms with van der Waals surface area (Å²) in [7, 11) is 0. The number of nitrogens with one attached hydrogen (secondary N) is 1. The molecule has 0 atom stereocenters. The fraction of sp³-hybridized carbons (Fsp3) is 0. The summed E-state index contributed by atoms with van der Waals surface area (Å²) in [4.78, 5) is 16.1. The van der Waals surface area contributed by atoms with Gasteiger partial charge in [0.05, 0.1) is 5.56 Å². The van der Waals surface area contributed by atoms with Crippen LogP contribution < -0.4 is 16.2 Å². The first kappa shape index (κ1) is 18.6. The van der Waals surface area contributed by atoms with E-state index in [2.05, 4.69) is 17.5 Å². The Kier molecular flexibility index (Phi) is 6.03. The molecular weight excluding hydrogens is 382 g/mol. The summed E-state index contributed by atoms with van der Waals surface area (Å²) in [5, 5.41) is 0. The van der Waals surface area contributed by atoms with Crippen molar-refractivity contribution in [1.82, 2.24) is 4.72 Å². The molecular formula is C19H17N3OS3. The molecule has 4 nitrogen and oxygen atoms in total. The van der Waals surface area contributed by atoms with Gasteiger partial charge in [0.15, 0.2) is 0 Å². The summed E-state index contributed by atoms with van der Waals surface area (Å²) >= 11 is 6.99. The van der Waals surface area contributed by atoms with Crippen LogP contribution in [0.5, 0.6) is 0 Å². The maximum absolute atomic E-state index is 12.3. The van der Waals surface area contributed by atoms with Crippen molar-refractivity contribution >= 4 is 53.6 Å². The first-order chi connectivity index (χ1) is 12.5. The third-order valence-corrected chi connectivity index (χ3v) is 5.81. The van der Waals surface area contributed by atoms with Crippen molar-refractivity contribution in [2.45, 2.75) is 19.6 Å². The molecule has 0 aliphatic carbocycles. The van der Waals surface area contributed by atoms with E-state index in [1.165, 1.54) is 11.8 Å². The minimum absolute atomic E-state index is 0.244. The highest BCUT2D eigenvalue weighted by atomic mass is 32.2. The van der Waals surface area contributed by atoms with Crippen LogP contribution in [0, 0.1) is 0 Å². The number of hydrogen-bond acceptors (Lipinski definition) is 6. The molecule has 5 N–H and O–H groups in total. The van der Waals surface area contributed by atoms with Gasteiger partial charge in [-0.3, -0.25) is 9.52 Å². The zero-order valence-corrected chi connectivity index (χ0v) is 16.2. The average molecular weight is 400 g/mol. The lowest BCUT2D eigenvalue weighted by Gasteiger charge is -2.11. The smallest absolute Gasteiger partial charge is 0.262 e. The van der Waals surface area contributed by atoms with Gasteiger partial charge in [-0.05, 0) is 66.7 Å². The lowest BCUT2D eigenvalue weighted by Crippen LogP contribution is -2.13. The van der Waals surface area contributed by atoms with Crippen LogP contribution in [0.15, 0.2) is 86.3 Å². The number of nitrogen functional groups attached to an aromatic ring is 2. The van der Waals surface area contributed by atoms with Gasteiger partial charge in [0.1, 0.15) is 0 Å². The molecule has 3 aromatic carbocycles. The number of benzene rings is 3. The number of rotatable bonds is 5. The minimum Gasteiger partial charge on any atom is -0.399 e. The summed E-state index contributed by atoms with van der Waals surface area (Å²) in [5.41, 5.74) is 13.5. The number of carbonyl (C=O) groups excluding carboxylic acids is 1. The van der Waals surface area contributed by atoms with Crippen LogP contribution >= 0.6 is 36.3 Å². The second kappa shape index (κ2) is 8.44. The van der Waals surface area contributed by atoms with Crippen molar-refractivity contribution < 1.29 is 4.79 Å². The first-order valence-electron chi connectivity index (χ1n) is 7.70. The van der Waals surface area contributed by atoms with E-state index in [9.17, 15) is 4.79 Å². The number of hydrogen-bond donors (Lipinski definition) is 4. The third-order valence-electron chi connectivity index (χ3n) is 3.52. The summed E-state index contributed by atoms with van der Waals surface area (Å²) in [6.07, 6.45) is 0. The molecule has 3 aromatic rings. The van der Waals surface area contributed by atoms with Gasteiger partial charge in [-0.2, -0.15) is 0 Å². The van der Waals surface area contributed by atoms with Crippen molar-refractivity contribution in [1.29, 1.82) is 0 Å². The average Bonchev–Trinajstić information content (AvgIpc) is 2.66. The summed E-state index contributed by atoms with van der Waals surface area (Å²) in [6, 6.07) is 21.0. The van der Waals surface area contributed by atoms with Gasteiger partial charge in [0, 0.05) is 31.0 Å². The lowest BCUT2D eigenvalue weighted by molar-refractivity contribution is 0.0982. The zero-order chi connectivity index (χ0) is 18.5. The predicted molar refractivity (Wildman–Crippen MR) is 113 cm³/mol. The quantitative estimate of drug-likeness (QED) is 0.368. The summed E-state index contributed by atoms with van der Waals surface area (Å²) in [5.74, 6) is -0.244. The standard InChI is InChI=1S/C19H17N3OS3/c20-12-1-5-14(6-2-12)25-16-9-10-18(17(11-16)19(23)22-24)26-15-7-3-13(21)4-8-15/h1-11,24H,20-21H2,(H,22,23). The normalized spacial score (nSPS) is 10.5. The zero-order valence-electron chi connectivity index (χ0n) is 13.7. The Bertz CT molecular complexity index is 912. The second-order valence-corrected chi connectivity index (χ2v) is 7.93. The van der Waals surface area contributed by atoms with Gasteiger partial charge in [0.25, 0.3) is 5.91 Å². The fourth-order valence-electron chi connectivity index (χ4n) is 2.23. The van der Waals surface area contributed by atoms with E-state index in [1.807, 2.05) is 66.7 Å². The van der Waals surface area contributed by atoms with E-state index in [0.717, 1.165) is 25.3 Å². The van der Waals surface area contributed by atoms with Crippen molar-refractivity contribution in [3.63, 3.8) is 0 Å². The highest BCUT2D eigenvalue weighted by Gasteiger charge is 2.13. The number of nitrogens with two attached hydrogens (primary N) is 2. The highest BCUT2D eigenvalue weighted by molar-refractivity contribution is 7.99. The molecule has 0 heterocycles. The van der Waals surface area contributed by atoms with E-state index in [1.54, 1.807) is 11.8 Å². The Balaban J connectivity index is 1.88. The number of thiol groups is 1. The molecule has 0 unspecified atom stereocenters. The van der Waals surface area contributed by atoms with Crippen LogP contribution in [0.4, 0.5) is 11.4 Å². The molecule has 0 aromatic heterocycles. The summed E-state index contributed by atoms with van der Waals surface area (Å²) < 4.78 is 2.41. The van der Waals surface area contributed by atoms with Crippen LogP contribution in [-0.4, -0.2) is 5.91 Å². The second-order valence-electron chi connectivity index (χ2n) is 5.44. The number of amides is 1. The van der Waals surface area contributed by atoms with E-state index < -0.39 is 0 Å². The SMILES string of the molecule is Nc1ccc(Sc2ccc(Sc3ccc(N)cc3)c(C(=O)NS)c2)cc1. The monoisotopic (exact) mass is 399 g/mol. The molecule has 0 radical (unpaired) electrons. The number of carbonyl (C=O) groups is 1. The fourth-order valence-corrected chi connectivity index (χ4v) is 4.14. The molecule has 26 heavy (non-hydrogen) atoms. The molecule has 3 rings (SSSR count). The van der Waals surface area contributed by atoms with Crippen LogP contribution in [0.1, 0.15) is 10.4 Å². The van der Waals surface area contributed by atoms with Crippen LogP contribution in [-0.2, 0) is 0 Å². The van der Waals surface area contributed by atoms with Gasteiger partial charge in [-0.15, -0.1) is 0 Å². The predicted octanol–water partition coefficient (Wildman–Crippen LogP) is 4.73. The van der Waals surface area contributed by atoms with Crippen LogP contribution in [0.2, 0.25) is 0 Å². The lowest BCUT2D eigenvalue weighted by atomic mass is 10.2. The maximum Gasteiger partial charge on any atom is 0.262 e. The Morgan fingerprint density at radius 2 is 1.27 bits per heavy atom. The molecule has 0 bridgehead atoms. The molecule has 0 saturated carbocycles. The van der Waals surface area contributed by atoms with Crippen molar-refractivity contribution in [3.8, 4) is 0 Å². The van der Waals surface area contributed by atoms with Gasteiger partial charge in [-0.1, -0.05) is 36.3 Å². The van der Waals surface area contributed by atoms with Gasteiger partial charge < -0.3 is 11.5 Å². The van der Waals surface area contributed by atoms with E-state index in [4.69, 9.17) is 11.5 Å².